The highest BCUT2D eigenvalue weighted by Crippen LogP contribution is 2.25. The third kappa shape index (κ3) is 3.80. The quantitative estimate of drug-likeness (QED) is 0.734. The van der Waals surface area contributed by atoms with Gasteiger partial charge in [-0.3, -0.25) is 4.90 Å². The summed E-state index contributed by atoms with van der Waals surface area (Å²) in [6.45, 7) is 2.29. The molecule has 1 heterocycles. The summed E-state index contributed by atoms with van der Waals surface area (Å²) in [6.07, 6.45) is 0. The van der Waals surface area contributed by atoms with Crippen molar-refractivity contribution in [2.24, 2.45) is 5.73 Å². The van der Waals surface area contributed by atoms with Gasteiger partial charge in [-0.05, 0) is 36.2 Å². The van der Waals surface area contributed by atoms with Gasteiger partial charge in [-0.2, -0.15) is 0 Å². The lowest BCUT2D eigenvalue weighted by molar-refractivity contribution is 0.253. The van der Waals surface area contributed by atoms with E-state index in [2.05, 4.69) is 4.98 Å². The topological polar surface area (TPSA) is 59.2 Å². The maximum atomic E-state index is 12.0. The van der Waals surface area contributed by atoms with E-state index in [-0.39, 0.29) is 6.54 Å². The molecule has 2 aromatic carbocycles. The number of carbonyl (C=O) groups is 1. The second kappa shape index (κ2) is 7.36. The number of nitrogens with zero attached hydrogens (tertiary/aromatic N) is 2. The summed E-state index contributed by atoms with van der Waals surface area (Å²) in [5.74, 6) is 0.494. The number of nitrogens with two attached hydrogens (primary N) is 1. The van der Waals surface area contributed by atoms with Crippen molar-refractivity contribution in [1.82, 2.24) is 4.98 Å². The Hall–Kier alpha value is -2.85. The van der Waals surface area contributed by atoms with Crippen LogP contribution in [-0.2, 0) is 6.54 Å². The molecule has 4 nitrogen and oxygen atoms in total. The molecule has 126 valence electrons. The summed E-state index contributed by atoms with van der Waals surface area (Å²) in [7, 11) is 0. The van der Waals surface area contributed by atoms with Gasteiger partial charge in [0.05, 0.1) is 12.2 Å². The van der Waals surface area contributed by atoms with E-state index in [1.54, 1.807) is 12.1 Å². The predicted octanol–water partition coefficient (Wildman–Crippen LogP) is 4.80. The van der Waals surface area contributed by atoms with Crippen LogP contribution in [0, 0.1) is 6.92 Å². The van der Waals surface area contributed by atoms with Crippen LogP contribution < -0.4 is 10.6 Å². The maximum Gasteiger partial charge on any atom is 0.320 e. The Balaban J connectivity index is 1.98. The molecule has 0 bridgehead atoms. The fraction of sp³-hybridized carbons (Fsp3) is 0.100. The lowest BCUT2D eigenvalue weighted by atomic mass is 10.1. The number of rotatable bonds is 4. The molecule has 0 saturated heterocycles. The van der Waals surface area contributed by atoms with E-state index >= 15 is 0 Å². The highest BCUT2D eigenvalue weighted by molar-refractivity contribution is 6.31. The van der Waals surface area contributed by atoms with E-state index in [0.717, 1.165) is 22.4 Å². The number of halogens is 1. The summed E-state index contributed by atoms with van der Waals surface area (Å²) < 4.78 is 0. The minimum atomic E-state index is -0.575. The van der Waals surface area contributed by atoms with Gasteiger partial charge in [0.25, 0.3) is 0 Å². The second-order valence-corrected chi connectivity index (χ2v) is 6.12. The van der Waals surface area contributed by atoms with E-state index < -0.39 is 6.03 Å². The summed E-state index contributed by atoms with van der Waals surface area (Å²) in [6, 6.07) is 20.3. The van der Waals surface area contributed by atoms with Crippen LogP contribution in [0.25, 0.3) is 11.3 Å². The average Bonchev–Trinajstić information content (AvgIpc) is 2.61. The molecule has 0 saturated carbocycles. The van der Waals surface area contributed by atoms with Gasteiger partial charge >= 0.3 is 6.03 Å². The van der Waals surface area contributed by atoms with Gasteiger partial charge in [0.1, 0.15) is 5.82 Å². The normalized spacial score (nSPS) is 10.5. The number of carbonyl (C=O) groups excluding carboxylic acids is 1. The van der Waals surface area contributed by atoms with Crippen LogP contribution in [0.2, 0.25) is 5.02 Å². The molecule has 0 fully saturated rings. The molecule has 0 spiro atoms. The largest absolute Gasteiger partial charge is 0.351 e. The number of amides is 2. The molecule has 0 radical (unpaired) electrons. The molecule has 2 amide bonds. The van der Waals surface area contributed by atoms with Crippen LogP contribution in [-0.4, -0.2) is 11.0 Å². The van der Waals surface area contributed by atoms with Crippen LogP contribution in [0.4, 0.5) is 10.6 Å². The van der Waals surface area contributed by atoms with Gasteiger partial charge < -0.3 is 5.73 Å². The number of hydrogen-bond acceptors (Lipinski definition) is 2. The Morgan fingerprint density at radius 3 is 2.48 bits per heavy atom. The third-order valence-corrected chi connectivity index (χ3v) is 4.35. The van der Waals surface area contributed by atoms with E-state index in [1.165, 1.54) is 4.90 Å². The lowest BCUT2D eigenvalue weighted by Crippen LogP contribution is -2.35. The van der Waals surface area contributed by atoms with E-state index in [1.807, 2.05) is 61.5 Å². The fourth-order valence-electron chi connectivity index (χ4n) is 2.65. The van der Waals surface area contributed by atoms with Gasteiger partial charge in [0, 0.05) is 10.6 Å². The van der Waals surface area contributed by atoms with Crippen molar-refractivity contribution < 1.29 is 4.79 Å². The second-order valence-electron chi connectivity index (χ2n) is 5.71. The maximum absolute atomic E-state index is 12.0. The summed E-state index contributed by atoms with van der Waals surface area (Å²) >= 11 is 6.21. The molecule has 3 aromatic rings. The monoisotopic (exact) mass is 351 g/mol. The standard InChI is InChI=1S/C20H18ClN3O/c1-14-7-2-4-9-16(14)18-11-6-12-19(23-18)24(20(22)25)13-15-8-3-5-10-17(15)21/h2-12H,13H2,1H3,(H2,22,25). The first-order valence-electron chi connectivity index (χ1n) is 7.89. The average molecular weight is 352 g/mol. The molecule has 3 rings (SSSR count). The first kappa shape index (κ1) is 17.0. The molecular formula is C20H18ClN3O. The zero-order valence-corrected chi connectivity index (χ0v) is 14.6. The van der Waals surface area contributed by atoms with Crippen molar-refractivity contribution in [3.8, 4) is 11.3 Å². The van der Waals surface area contributed by atoms with Gasteiger partial charge in [0.2, 0.25) is 0 Å². The molecule has 2 N–H and O–H groups in total. The number of urea groups is 1. The molecule has 25 heavy (non-hydrogen) atoms. The number of benzene rings is 2. The van der Waals surface area contributed by atoms with Gasteiger partial charge in [0.15, 0.2) is 0 Å². The zero-order chi connectivity index (χ0) is 17.8. The molecule has 1 aromatic heterocycles. The highest BCUT2D eigenvalue weighted by atomic mass is 35.5. The van der Waals surface area contributed by atoms with Crippen LogP contribution >= 0.6 is 11.6 Å². The number of pyridine rings is 1. The van der Waals surface area contributed by atoms with E-state index in [9.17, 15) is 4.79 Å². The zero-order valence-electron chi connectivity index (χ0n) is 13.8. The van der Waals surface area contributed by atoms with Crippen molar-refractivity contribution >= 4 is 23.4 Å². The Labute approximate surface area is 151 Å². The van der Waals surface area contributed by atoms with Crippen molar-refractivity contribution in [1.29, 1.82) is 0 Å². The molecule has 0 aliphatic carbocycles. The van der Waals surface area contributed by atoms with Crippen molar-refractivity contribution in [2.75, 3.05) is 4.90 Å². The Kier molecular flexibility index (Phi) is 5.00. The molecule has 5 heteroatoms. The van der Waals surface area contributed by atoms with E-state index in [4.69, 9.17) is 17.3 Å². The molecule has 0 atom stereocenters. The van der Waals surface area contributed by atoms with Crippen LogP contribution in [0.15, 0.2) is 66.7 Å². The summed E-state index contributed by atoms with van der Waals surface area (Å²) in [5, 5.41) is 0.587. The number of aromatic nitrogens is 1. The fourth-order valence-corrected chi connectivity index (χ4v) is 2.85. The van der Waals surface area contributed by atoms with E-state index in [0.29, 0.717) is 10.8 Å². The molecule has 0 aliphatic rings. The predicted molar refractivity (Wildman–Crippen MR) is 102 cm³/mol. The molecular weight excluding hydrogens is 334 g/mol. The Morgan fingerprint density at radius 2 is 1.76 bits per heavy atom. The van der Waals surface area contributed by atoms with Crippen molar-refractivity contribution in [3.63, 3.8) is 0 Å². The smallest absolute Gasteiger partial charge is 0.320 e. The lowest BCUT2D eigenvalue weighted by Gasteiger charge is -2.21. The minimum Gasteiger partial charge on any atom is -0.351 e. The van der Waals surface area contributed by atoms with Crippen LogP contribution in [0.3, 0.4) is 0 Å². The van der Waals surface area contributed by atoms with Crippen molar-refractivity contribution in [2.45, 2.75) is 13.5 Å². The highest BCUT2D eigenvalue weighted by Gasteiger charge is 2.16. The summed E-state index contributed by atoms with van der Waals surface area (Å²) in [4.78, 5) is 18.0. The first-order valence-corrected chi connectivity index (χ1v) is 8.27. The van der Waals surface area contributed by atoms with Gasteiger partial charge in [-0.1, -0.05) is 60.1 Å². The molecule has 0 aliphatic heterocycles. The van der Waals surface area contributed by atoms with Gasteiger partial charge in [-0.15, -0.1) is 0 Å². The first-order chi connectivity index (χ1) is 12.1. The minimum absolute atomic E-state index is 0.263. The number of primary amides is 1. The third-order valence-electron chi connectivity index (χ3n) is 3.98. The SMILES string of the molecule is Cc1ccccc1-c1cccc(N(Cc2ccccc2Cl)C(N)=O)n1. The number of hydrogen-bond donors (Lipinski definition) is 1. The number of aryl methyl sites for hydroxylation is 1. The van der Waals surface area contributed by atoms with Crippen molar-refractivity contribution in [3.05, 3.63) is 82.9 Å². The Bertz CT molecular complexity index is 911. The van der Waals surface area contributed by atoms with Crippen LogP contribution in [0.5, 0.6) is 0 Å². The molecule has 0 unspecified atom stereocenters. The van der Waals surface area contributed by atoms with Gasteiger partial charge in [-0.25, -0.2) is 9.78 Å². The Morgan fingerprint density at radius 1 is 1.04 bits per heavy atom. The van der Waals surface area contributed by atoms with Crippen LogP contribution in [0.1, 0.15) is 11.1 Å². The summed E-state index contributed by atoms with van der Waals surface area (Å²) in [5.41, 5.74) is 9.33. The number of anilines is 1.